The molecule has 0 fully saturated rings. The van der Waals surface area contributed by atoms with Gasteiger partial charge in [-0.2, -0.15) is 0 Å². The number of hydrogen-bond donors (Lipinski definition) is 1. The Morgan fingerprint density at radius 2 is 1.80 bits per heavy atom. The van der Waals surface area contributed by atoms with Gasteiger partial charge in [0.2, 0.25) is 0 Å². The van der Waals surface area contributed by atoms with E-state index < -0.39 is 0 Å². The number of hydrogen-bond acceptors (Lipinski definition) is 4. The predicted molar refractivity (Wildman–Crippen MR) is 59.0 cm³/mol. The van der Waals surface area contributed by atoms with Gasteiger partial charge < -0.3 is 19.9 Å². The average molecular weight is 211 g/mol. The van der Waals surface area contributed by atoms with Crippen LogP contribution in [-0.2, 0) is 9.47 Å². The fourth-order valence-corrected chi connectivity index (χ4v) is 1.12. The van der Waals surface area contributed by atoms with Gasteiger partial charge in [-0.25, -0.2) is 0 Å². The van der Waals surface area contributed by atoms with Crippen molar-refractivity contribution in [2.75, 3.05) is 33.2 Å². The molecule has 0 aliphatic rings. The summed E-state index contributed by atoms with van der Waals surface area (Å²) < 4.78 is 15.6. The quantitative estimate of drug-likeness (QED) is 0.721. The van der Waals surface area contributed by atoms with E-state index in [1.165, 1.54) is 0 Å². The highest BCUT2D eigenvalue weighted by atomic mass is 16.5. The Balaban J connectivity index is 2.38. The first kappa shape index (κ1) is 11.8. The largest absolute Gasteiger partial charge is 0.491 e. The van der Waals surface area contributed by atoms with Crippen LogP contribution in [0.25, 0.3) is 0 Å². The molecule has 0 radical (unpaired) electrons. The van der Waals surface area contributed by atoms with Crippen molar-refractivity contribution < 1.29 is 14.2 Å². The summed E-state index contributed by atoms with van der Waals surface area (Å²) >= 11 is 0. The first-order chi connectivity index (χ1) is 7.26. The minimum atomic E-state index is -0.0486. The minimum Gasteiger partial charge on any atom is -0.491 e. The second kappa shape index (κ2) is 6.27. The molecule has 0 aliphatic heterocycles. The molecule has 0 aliphatic carbocycles. The van der Waals surface area contributed by atoms with Crippen molar-refractivity contribution in [3.63, 3.8) is 0 Å². The van der Waals surface area contributed by atoms with Crippen LogP contribution in [0.4, 0.5) is 5.69 Å². The molecule has 15 heavy (non-hydrogen) atoms. The third-order valence-electron chi connectivity index (χ3n) is 2.00. The molecule has 0 aromatic heterocycles. The van der Waals surface area contributed by atoms with Gasteiger partial charge in [0.15, 0.2) is 0 Å². The van der Waals surface area contributed by atoms with E-state index in [2.05, 4.69) is 0 Å². The van der Waals surface area contributed by atoms with Crippen molar-refractivity contribution in [2.45, 2.75) is 6.10 Å². The third-order valence-corrected chi connectivity index (χ3v) is 2.00. The van der Waals surface area contributed by atoms with Crippen LogP contribution in [0, 0.1) is 0 Å². The molecule has 2 N–H and O–H groups in total. The summed E-state index contributed by atoms with van der Waals surface area (Å²) in [5.41, 5.74) is 6.28. The fraction of sp³-hybridized carbons (Fsp3) is 0.455. The SMILES string of the molecule is COCC(COc1ccc(N)cc1)OC. The van der Waals surface area contributed by atoms with E-state index in [0.29, 0.717) is 13.2 Å². The van der Waals surface area contributed by atoms with Crippen molar-refractivity contribution in [3.05, 3.63) is 24.3 Å². The molecule has 1 aromatic rings. The van der Waals surface area contributed by atoms with Gasteiger partial charge in [0.05, 0.1) is 6.61 Å². The van der Waals surface area contributed by atoms with Crippen molar-refractivity contribution in [1.29, 1.82) is 0 Å². The standard InChI is InChI=1S/C11H17NO3/c1-13-7-11(14-2)8-15-10-5-3-9(12)4-6-10/h3-6,11H,7-8,12H2,1-2H3. The van der Waals surface area contributed by atoms with E-state index in [1.807, 2.05) is 12.1 Å². The van der Waals surface area contributed by atoms with Crippen LogP contribution in [0.15, 0.2) is 24.3 Å². The average Bonchev–Trinajstić information content (AvgIpc) is 2.26. The van der Waals surface area contributed by atoms with Gasteiger partial charge in [-0.3, -0.25) is 0 Å². The Bertz CT molecular complexity index is 274. The van der Waals surface area contributed by atoms with E-state index in [0.717, 1.165) is 11.4 Å². The summed E-state index contributed by atoms with van der Waals surface area (Å²) in [6.45, 7) is 0.986. The second-order valence-electron chi connectivity index (χ2n) is 3.19. The number of ether oxygens (including phenoxy) is 3. The highest BCUT2D eigenvalue weighted by molar-refractivity contribution is 5.41. The van der Waals surface area contributed by atoms with Crippen LogP contribution >= 0.6 is 0 Å². The van der Waals surface area contributed by atoms with E-state index in [9.17, 15) is 0 Å². The van der Waals surface area contributed by atoms with Crippen LogP contribution in [-0.4, -0.2) is 33.5 Å². The lowest BCUT2D eigenvalue weighted by molar-refractivity contribution is 0.000880. The van der Waals surface area contributed by atoms with Crippen LogP contribution < -0.4 is 10.5 Å². The maximum absolute atomic E-state index is 5.56. The summed E-state index contributed by atoms with van der Waals surface area (Å²) in [6.07, 6.45) is -0.0486. The van der Waals surface area contributed by atoms with E-state index in [1.54, 1.807) is 26.4 Å². The summed E-state index contributed by atoms with van der Waals surface area (Å²) in [4.78, 5) is 0. The topological polar surface area (TPSA) is 53.7 Å². The van der Waals surface area contributed by atoms with Crippen molar-refractivity contribution in [1.82, 2.24) is 0 Å². The first-order valence-corrected chi connectivity index (χ1v) is 4.76. The highest BCUT2D eigenvalue weighted by Crippen LogP contribution is 2.13. The minimum absolute atomic E-state index is 0.0486. The molecule has 0 saturated heterocycles. The smallest absolute Gasteiger partial charge is 0.119 e. The fourth-order valence-electron chi connectivity index (χ4n) is 1.12. The zero-order valence-electron chi connectivity index (χ0n) is 9.10. The molecule has 0 amide bonds. The van der Waals surface area contributed by atoms with E-state index >= 15 is 0 Å². The lowest BCUT2D eigenvalue weighted by Crippen LogP contribution is -2.25. The molecule has 0 saturated carbocycles. The Morgan fingerprint density at radius 1 is 1.13 bits per heavy atom. The van der Waals surface area contributed by atoms with Crippen LogP contribution in [0.3, 0.4) is 0 Å². The molecular formula is C11H17NO3. The monoisotopic (exact) mass is 211 g/mol. The molecule has 0 heterocycles. The maximum Gasteiger partial charge on any atom is 0.119 e. The van der Waals surface area contributed by atoms with Crippen LogP contribution in [0.1, 0.15) is 0 Å². The summed E-state index contributed by atoms with van der Waals surface area (Å²) in [6, 6.07) is 7.25. The molecule has 1 aromatic carbocycles. The summed E-state index contributed by atoms with van der Waals surface area (Å²) in [7, 11) is 3.27. The Hall–Kier alpha value is -1.26. The first-order valence-electron chi connectivity index (χ1n) is 4.76. The molecule has 0 spiro atoms. The zero-order chi connectivity index (χ0) is 11.1. The van der Waals surface area contributed by atoms with E-state index in [4.69, 9.17) is 19.9 Å². The zero-order valence-corrected chi connectivity index (χ0v) is 9.10. The molecule has 4 heteroatoms. The van der Waals surface area contributed by atoms with Crippen LogP contribution in [0.2, 0.25) is 0 Å². The van der Waals surface area contributed by atoms with Crippen molar-refractivity contribution in [2.24, 2.45) is 0 Å². The summed E-state index contributed by atoms with van der Waals surface area (Å²) in [5.74, 6) is 0.780. The van der Waals surface area contributed by atoms with Gasteiger partial charge in [0, 0.05) is 19.9 Å². The predicted octanol–water partition coefficient (Wildman–Crippen LogP) is 1.31. The number of nitrogen functional groups attached to an aromatic ring is 1. The summed E-state index contributed by atoms with van der Waals surface area (Å²) in [5, 5.41) is 0. The maximum atomic E-state index is 5.56. The molecule has 1 rings (SSSR count). The highest BCUT2D eigenvalue weighted by Gasteiger charge is 2.07. The third kappa shape index (κ3) is 4.18. The molecule has 4 nitrogen and oxygen atoms in total. The van der Waals surface area contributed by atoms with Gasteiger partial charge in [0.1, 0.15) is 18.5 Å². The number of methoxy groups -OCH3 is 2. The van der Waals surface area contributed by atoms with Gasteiger partial charge in [-0.1, -0.05) is 0 Å². The normalized spacial score (nSPS) is 12.4. The Morgan fingerprint density at radius 3 is 2.33 bits per heavy atom. The number of nitrogens with two attached hydrogens (primary N) is 1. The van der Waals surface area contributed by atoms with Crippen molar-refractivity contribution >= 4 is 5.69 Å². The molecule has 0 bridgehead atoms. The Labute approximate surface area is 89.9 Å². The van der Waals surface area contributed by atoms with Gasteiger partial charge in [0.25, 0.3) is 0 Å². The lowest BCUT2D eigenvalue weighted by atomic mass is 10.3. The van der Waals surface area contributed by atoms with Gasteiger partial charge in [-0.05, 0) is 24.3 Å². The van der Waals surface area contributed by atoms with Gasteiger partial charge in [-0.15, -0.1) is 0 Å². The Kier molecular flexibility index (Phi) is 4.93. The lowest BCUT2D eigenvalue weighted by Gasteiger charge is -2.15. The molecule has 84 valence electrons. The second-order valence-corrected chi connectivity index (χ2v) is 3.19. The molecule has 1 atom stereocenters. The number of benzene rings is 1. The molecular weight excluding hydrogens is 194 g/mol. The number of rotatable bonds is 6. The van der Waals surface area contributed by atoms with Gasteiger partial charge >= 0.3 is 0 Å². The van der Waals surface area contributed by atoms with Crippen LogP contribution in [0.5, 0.6) is 5.75 Å². The molecule has 1 unspecified atom stereocenters. The van der Waals surface area contributed by atoms with E-state index in [-0.39, 0.29) is 6.10 Å². The number of anilines is 1. The van der Waals surface area contributed by atoms with Crippen molar-refractivity contribution in [3.8, 4) is 5.75 Å².